The number of hydrogen-bond donors (Lipinski definition) is 0. The number of halogens is 4. The number of para-hydroxylation sites is 4. The first-order chi connectivity index (χ1) is 34.5. The molecule has 0 saturated heterocycles. The highest BCUT2D eigenvalue weighted by Gasteiger charge is 2.73. The van der Waals surface area contributed by atoms with Crippen LogP contribution in [0.5, 0.6) is 0 Å². The van der Waals surface area contributed by atoms with Gasteiger partial charge in [0.1, 0.15) is 17.6 Å². The predicted molar refractivity (Wildman–Crippen MR) is 271 cm³/mol. The van der Waals surface area contributed by atoms with E-state index in [4.69, 9.17) is 0 Å². The van der Waals surface area contributed by atoms with Gasteiger partial charge in [-0.2, -0.15) is 10.5 Å². The van der Waals surface area contributed by atoms with Crippen molar-refractivity contribution in [2.75, 3.05) is 9.80 Å². The Morgan fingerprint density at radius 1 is 0.338 bits per heavy atom. The first-order valence-corrected chi connectivity index (χ1v) is 23.5. The lowest BCUT2D eigenvalue weighted by Crippen LogP contribution is -2.40. The van der Waals surface area contributed by atoms with Gasteiger partial charge in [-0.25, -0.2) is 17.6 Å². The van der Waals surface area contributed by atoms with Crippen molar-refractivity contribution in [2.45, 2.75) is 36.5 Å². The molecule has 0 spiro atoms. The van der Waals surface area contributed by atoms with Crippen LogP contribution in [0.4, 0.5) is 51.7 Å². The summed E-state index contributed by atoms with van der Waals surface area (Å²) in [6.45, 7) is 1.75. The van der Waals surface area contributed by atoms with Crippen LogP contribution < -0.4 is 9.80 Å². The van der Waals surface area contributed by atoms with Gasteiger partial charge in [0.15, 0.2) is 0 Å². The monoisotopic (exact) mass is 930 g/mol. The molecule has 9 aromatic rings. The quantitative estimate of drug-likeness (QED) is 0.156. The van der Waals surface area contributed by atoms with Crippen LogP contribution in [0.15, 0.2) is 218 Å². The maximum atomic E-state index is 18.4. The standard InChI is InChI=1S/C63H42F4N4/c1-59(2)62(64,65)55-56(63(59,66)67)58(71-53-37-21-17-33-49(53)61(43-27-11-5-12-28-43,44-29-13-6-14-30-44)50-34-18-22-38-54(50)71)46(40-69)45(39-68)57(55)70-51-35-19-15-31-47(51)60(41-23-7-3-8-24-41,42-25-9-4-10-26-42)48-32-16-20-36-52(48)70/h3-38H,1-2H3. The van der Waals surface area contributed by atoms with E-state index in [2.05, 4.69) is 12.1 Å². The minimum absolute atomic E-state index is 0.391. The third kappa shape index (κ3) is 5.53. The first-order valence-electron chi connectivity index (χ1n) is 23.5. The molecule has 0 aromatic heterocycles. The summed E-state index contributed by atoms with van der Waals surface area (Å²) >= 11 is 0. The van der Waals surface area contributed by atoms with E-state index in [1.807, 2.05) is 170 Å². The molecule has 0 radical (unpaired) electrons. The fourth-order valence-corrected chi connectivity index (χ4v) is 12.1. The molecule has 3 aliphatic rings. The van der Waals surface area contributed by atoms with Gasteiger partial charge in [0.2, 0.25) is 0 Å². The van der Waals surface area contributed by atoms with Crippen LogP contribution in [-0.2, 0) is 22.7 Å². The molecule has 0 atom stereocenters. The highest BCUT2D eigenvalue weighted by molar-refractivity contribution is 6.00. The van der Waals surface area contributed by atoms with E-state index in [0.29, 0.717) is 45.0 Å². The SMILES string of the molecule is CC1(C)C(F)(F)c2c(N3c4ccccc4C(c4ccccc4)(c4ccccc4)c4ccccc43)c(C#N)c(C#N)c(N3c4ccccc4C(c4ccccc4)(c4ccccc4)c4ccccc43)c2C1(F)F. The van der Waals surface area contributed by atoms with Crippen molar-refractivity contribution in [2.24, 2.45) is 5.41 Å². The summed E-state index contributed by atoms with van der Waals surface area (Å²) in [6.07, 6.45) is 0. The Balaban J connectivity index is 1.23. The molecule has 9 aromatic carbocycles. The predicted octanol–water partition coefficient (Wildman–Crippen LogP) is 16.0. The number of anilines is 6. The van der Waals surface area contributed by atoms with E-state index >= 15 is 17.6 Å². The maximum Gasteiger partial charge on any atom is 0.286 e. The van der Waals surface area contributed by atoms with Gasteiger partial charge in [0, 0.05) is 0 Å². The molecular weight excluding hydrogens is 889 g/mol. The molecule has 0 N–H and O–H groups in total. The molecule has 2 heterocycles. The largest absolute Gasteiger partial charge is 0.308 e. The summed E-state index contributed by atoms with van der Waals surface area (Å²) in [4.78, 5) is 3.08. The molecule has 8 heteroatoms. The Hall–Kier alpha value is -8.72. The molecule has 1 aliphatic carbocycles. The number of nitrogens with zero attached hydrogens (tertiary/aromatic N) is 4. The minimum atomic E-state index is -4.28. The van der Waals surface area contributed by atoms with E-state index in [0.717, 1.165) is 36.1 Å². The Morgan fingerprint density at radius 3 is 0.803 bits per heavy atom. The minimum Gasteiger partial charge on any atom is -0.308 e. The number of fused-ring (bicyclic) bond motifs is 5. The summed E-state index contributed by atoms with van der Waals surface area (Å²) in [6, 6.07) is 73.2. The van der Waals surface area contributed by atoms with E-state index in [9.17, 15) is 10.5 Å². The number of benzene rings is 9. The van der Waals surface area contributed by atoms with Crippen molar-refractivity contribution in [1.82, 2.24) is 0 Å². The van der Waals surface area contributed by atoms with Crippen LogP contribution in [0.25, 0.3) is 0 Å². The number of alkyl halides is 4. The van der Waals surface area contributed by atoms with Gasteiger partial charge in [-0.15, -0.1) is 0 Å². The lowest BCUT2D eigenvalue weighted by Gasteiger charge is -2.48. The summed E-state index contributed by atoms with van der Waals surface area (Å²) < 4.78 is 73.6. The molecule has 342 valence electrons. The van der Waals surface area contributed by atoms with Crippen LogP contribution in [-0.4, -0.2) is 0 Å². The lowest BCUT2D eigenvalue weighted by atomic mass is 9.62. The fourth-order valence-electron chi connectivity index (χ4n) is 12.1. The number of nitriles is 2. The second-order valence-electron chi connectivity index (χ2n) is 18.9. The third-order valence-electron chi connectivity index (χ3n) is 15.3. The highest BCUT2D eigenvalue weighted by Crippen LogP contribution is 2.72. The number of rotatable bonds is 6. The van der Waals surface area contributed by atoms with Crippen molar-refractivity contribution in [3.63, 3.8) is 0 Å². The summed E-state index contributed by atoms with van der Waals surface area (Å²) in [5.41, 5.74) is -1.23. The van der Waals surface area contributed by atoms with Crippen molar-refractivity contribution in [3.8, 4) is 12.1 Å². The normalized spacial score (nSPS) is 16.8. The van der Waals surface area contributed by atoms with Crippen LogP contribution >= 0.6 is 0 Å². The summed E-state index contributed by atoms with van der Waals surface area (Å²) in [7, 11) is 0. The second-order valence-corrected chi connectivity index (χ2v) is 18.9. The van der Waals surface area contributed by atoms with Crippen LogP contribution in [0.3, 0.4) is 0 Å². The molecule has 4 nitrogen and oxygen atoms in total. The Bertz CT molecular complexity index is 3250. The zero-order valence-corrected chi connectivity index (χ0v) is 38.6. The lowest BCUT2D eigenvalue weighted by molar-refractivity contribution is -0.212. The first kappa shape index (κ1) is 43.6. The third-order valence-corrected chi connectivity index (χ3v) is 15.3. The smallest absolute Gasteiger partial charge is 0.286 e. The number of hydrogen-bond acceptors (Lipinski definition) is 4. The Morgan fingerprint density at radius 2 is 0.563 bits per heavy atom. The van der Waals surface area contributed by atoms with Crippen molar-refractivity contribution in [1.29, 1.82) is 10.5 Å². The molecule has 71 heavy (non-hydrogen) atoms. The zero-order chi connectivity index (χ0) is 48.9. The molecule has 0 unspecified atom stereocenters. The van der Waals surface area contributed by atoms with Crippen molar-refractivity contribution in [3.05, 3.63) is 285 Å². The van der Waals surface area contributed by atoms with Gasteiger partial charge in [0.05, 0.1) is 67.2 Å². The van der Waals surface area contributed by atoms with Crippen molar-refractivity contribution >= 4 is 34.1 Å². The second kappa shape index (κ2) is 15.7. The summed E-state index contributed by atoms with van der Waals surface area (Å²) in [5, 5.41) is 23.4. The fraction of sp³-hybridized carbons (Fsp3) is 0.111. The van der Waals surface area contributed by atoms with Crippen LogP contribution in [0.1, 0.15) is 80.6 Å². The molecular formula is C63H42F4N4. The highest BCUT2D eigenvalue weighted by atomic mass is 19.3. The molecule has 2 aliphatic heterocycles. The average molecular weight is 931 g/mol. The van der Waals surface area contributed by atoms with E-state index in [1.165, 1.54) is 9.80 Å². The topological polar surface area (TPSA) is 54.1 Å². The van der Waals surface area contributed by atoms with Crippen LogP contribution in [0.2, 0.25) is 0 Å². The van der Waals surface area contributed by atoms with Gasteiger partial charge in [-0.05, 0) is 82.6 Å². The molecule has 0 bridgehead atoms. The summed E-state index contributed by atoms with van der Waals surface area (Å²) in [5.74, 6) is -8.56. The van der Waals surface area contributed by atoms with E-state index < -0.39 is 61.7 Å². The Labute approximate surface area is 409 Å². The van der Waals surface area contributed by atoms with E-state index in [1.54, 1.807) is 48.5 Å². The van der Waals surface area contributed by atoms with Gasteiger partial charge in [-0.1, -0.05) is 194 Å². The van der Waals surface area contributed by atoms with E-state index in [-0.39, 0.29) is 0 Å². The maximum absolute atomic E-state index is 18.4. The zero-order valence-electron chi connectivity index (χ0n) is 38.6. The van der Waals surface area contributed by atoms with Crippen LogP contribution in [0, 0.1) is 28.1 Å². The van der Waals surface area contributed by atoms with Crippen molar-refractivity contribution < 1.29 is 17.6 Å². The molecule has 0 amide bonds. The molecule has 12 rings (SSSR count). The average Bonchev–Trinajstić information content (AvgIpc) is 3.52. The molecule has 0 saturated carbocycles. The van der Waals surface area contributed by atoms with Gasteiger partial charge in [0.25, 0.3) is 11.8 Å². The van der Waals surface area contributed by atoms with Gasteiger partial charge in [-0.3, -0.25) is 0 Å². The van der Waals surface area contributed by atoms with Gasteiger partial charge >= 0.3 is 0 Å². The molecule has 0 fully saturated rings. The Kier molecular flexibility index (Phi) is 9.60. The van der Waals surface area contributed by atoms with Gasteiger partial charge < -0.3 is 9.80 Å².